The van der Waals surface area contributed by atoms with E-state index >= 15 is 0 Å². The van der Waals surface area contributed by atoms with E-state index in [0.717, 1.165) is 19.3 Å². The molecule has 0 aliphatic carbocycles. The highest BCUT2D eigenvalue weighted by Crippen LogP contribution is 2.36. The molecule has 3 rings (SSSR count). The molecule has 150 valence electrons. The molecule has 0 aliphatic rings. The first-order valence-corrected chi connectivity index (χ1v) is 9.81. The van der Waals surface area contributed by atoms with Gasteiger partial charge in [-0.15, -0.1) is 0 Å². The summed E-state index contributed by atoms with van der Waals surface area (Å²) in [5.74, 6) is 0.0863. The minimum absolute atomic E-state index is 0.0104. The van der Waals surface area contributed by atoms with Crippen LogP contribution in [0.2, 0.25) is 10.0 Å². The first-order chi connectivity index (χ1) is 14.0. The number of hydrogen-bond donors (Lipinski definition) is 2. The van der Waals surface area contributed by atoms with E-state index in [2.05, 4.69) is 27.5 Å². The topological polar surface area (TPSA) is 93.0 Å². The van der Waals surface area contributed by atoms with Crippen LogP contribution in [-0.4, -0.2) is 14.9 Å². The molecule has 3 aromatic rings. The van der Waals surface area contributed by atoms with Crippen LogP contribution in [-0.2, 0) is 6.42 Å². The van der Waals surface area contributed by atoms with Gasteiger partial charge in [0.1, 0.15) is 6.33 Å². The number of aromatic nitrogens is 2. The highest BCUT2D eigenvalue weighted by Gasteiger charge is 2.24. The van der Waals surface area contributed by atoms with E-state index < -0.39 is 4.92 Å². The molecule has 0 fully saturated rings. The first-order valence-electron chi connectivity index (χ1n) is 9.06. The zero-order chi connectivity index (χ0) is 20.8. The summed E-state index contributed by atoms with van der Waals surface area (Å²) >= 11 is 12.2. The van der Waals surface area contributed by atoms with Crippen molar-refractivity contribution in [3.63, 3.8) is 0 Å². The summed E-state index contributed by atoms with van der Waals surface area (Å²) in [6, 6.07) is 12.7. The van der Waals surface area contributed by atoms with Gasteiger partial charge in [-0.2, -0.15) is 0 Å². The van der Waals surface area contributed by atoms with E-state index in [1.165, 1.54) is 11.9 Å². The SMILES string of the molecule is CCCCc1ccc(Nc2ncnc(Nc3cccc(Cl)c3Cl)c2[N+](=O)[O-])cc1. The van der Waals surface area contributed by atoms with Gasteiger partial charge in [-0.1, -0.05) is 54.7 Å². The van der Waals surface area contributed by atoms with Crippen molar-refractivity contribution in [2.45, 2.75) is 26.2 Å². The Labute approximate surface area is 178 Å². The van der Waals surface area contributed by atoms with Crippen LogP contribution in [0.25, 0.3) is 0 Å². The molecule has 7 nitrogen and oxygen atoms in total. The molecule has 0 saturated carbocycles. The maximum absolute atomic E-state index is 11.7. The maximum atomic E-state index is 11.7. The third-order valence-electron chi connectivity index (χ3n) is 4.25. The molecule has 0 atom stereocenters. The van der Waals surface area contributed by atoms with Crippen LogP contribution in [0.4, 0.5) is 28.7 Å². The zero-order valence-corrected chi connectivity index (χ0v) is 17.2. The highest BCUT2D eigenvalue weighted by molar-refractivity contribution is 6.43. The minimum Gasteiger partial charge on any atom is -0.334 e. The predicted molar refractivity (Wildman–Crippen MR) is 117 cm³/mol. The van der Waals surface area contributed by atoms with Gasteiger partial charge in [0.05, 0.1) is 20.7 Å². The van der Waals surface area contributed by atoms with E-state index in [-0.39, 0.29) is 22.3 Å². The Balaban J connectivity index is 1.89. The Hall–Kier alpha value is -2.90. The van der Waals surface area contributed by atoms with E-state index in [4.69, 9.17) is 23.2 Å². The monoisotopic (exact) mass is 431 g/mol. The molecule has 0 unspecified atom stereocenters. The number of hydrogen-bond acceptors (Lipinski definition) is 6. The van der Waals surface area contributed by atoms with Crippen molar-refractivity contribution < 1.29 is 4.92 Å². The number of nitro groups is 1. The number of aryl methyl sites for hydroxylation is 1. The Morgan fingerprint density at radius 3 is 2.38 bits per heavy atom. The Morgan fingerprint density at radius 2 is 1.72 bits per heavy atom. The average Bonchev–Trinajstić information content (AvgIpc) is 2.71. The first kappa shape index (κ1) is 20.8. The minimum atomic E-state index is -0.543. The van der Waals surface area contributed by atoms with Gasteiger partial charge in [0, 0.05) is 5.69 Å². The molecule has 9 heteroatoms. The fraction of sp³-hybridized carbons (Fsp3) is 0.200. The fourth-order valence-electron chi connectivity index (χ4n) is 2.73. The maximum Gasteiger partial charge on any atom is 0.353 e. The molecule has 1 heterocycles. The molecule has 0 spiro atoms. The van der Waals surface area contributed by atoms with Crippen LogP contribution in [0.5, 0.6) is 0 Å². The van der Waals surface area contributed by atoms with Crippen molar-refractivity contribution in [3.8, 4) is 0 Å². The van der Waals surface area contributed by atoms with Crippen molar-refractivity contribution >= 4 is 51.9 Å². The van der Waals surface area contributed by atoms with Gasteiger partial charge in [-0.25, -0.2) is 9.97 Å². The molecular weight excluding hydrogens is 413 g/mol. The van der Waals surface area contributed by atoms with Crippen LogP contribution in [0, 0.1) is 10.1 Å². The van der Waals surface area contributed by atoms with Crippen LogP contribution < -0.4 is 10.6 Å². The van der Waals surface area contributed by atoms with Crippen LogP contribution >= 0.6 is 23.2 Å². The Bertz CT molecular complexity index is 1010. The summed E-state index contributed by atoms with van der Waals surface area (Å²) in [5, 5.41) is 18.2. The number of benzene rings is 2. The molecule has 2 aromatic carbocycles. The van der Waals surface area contributed by atoms with E-state index in [1.54, 1.807) is 18.2 Å². The summed E-state index contributed by atoms with van der Waals surface area (Å²) in [5.41, 5.74) is 2.03. The van der Waals surface area contributed by atoms with E-state index in [1.807, 2.05) is 24.3 Å². The molecule has 0 amide bonds. The summed E-state index contributed by atoms with van der Waals surface area (Å²) in [6.07, 6.45) is 4.48. The lowest BCUT2D eigenvalue weighted by atomic mass is 10.1. The molecule has 0 bridgehead atoms. The second-order valence-electron chi connectivity index (χ2n) is 6.33. The third kappa shape index (κ3) is 5.13. The van der Waals surface area contributed by atoms with Gasteiger partial charge in [0.25, 0.3) is 0 Å². The molecular formula is C20H19Cl2N5O2. The zero-order valence-electron chi connectivity index (χ0n) is 15.7. The number of rotatable bonds is 8. The summed E-state index contributed by atoms with van der Waals surface area (Å²) in [6.45, 7) is 2.15. The number of anilines is 4. The lowest BCUT2D eigenvalue weighted by molar-refractivity contribution is -0.383. The largest absolute Gasteiger partial charge is 0.353 e. The van der Waals surface area contributed by atoms with Gasteiger partial charge >= 0.3 is 5.69 Å². The summed E-state index contributed by atoms with van der Waals surface area (Å²) in [4.78, 5) is 19.2. The van der Waals surface area contributed by atoms with E-state index in [9.17, 15) is 10.1 Å². The van der Waals surface area contributed by atoms with Gasteiger partial charge < -0.3 is 10.6 Å². The van der Waals surface area contributed by atoms with Crippen molar-refractivity contribution in [2.75, 3.05) is 10.6 Å². The quantitative estimate of drug-likeness (QED) is 0.311. The highest BCUT2D eigenvalue weighted by atomic mass is 35.5. The smallest absolute Gasteiger partial charge is 0.334 e. The number of halogens is 2. The van der Waals surface area contributed by atoms with Gasteiger partial charge in [-0.05, 0) is 42.7 Å². The molecule has 2 N–H and O–H groups in total. The second-order valence-corrected chi connectivity index (χ2v) is 7.11. The van der Waals surface area contributed by atoms with Gasteiger partial charge in [0.15, 0.2) is 0 Å². The standard InChI is InChI=1S/C20H19Cl2N5O2/c1-2-3-5-13-8-10-14(11-9-13)25-19-18(27(28)29)20(24-12-23-19)26-16-7-4-6-15(21)17(16)22/h4,6-12H,2-3,5H2,1H3,(H2,23,24,25,26). The normalized spacial score (nSPS) is 10.6. The summed E-state index contributed by atoms with van der Waals surface area (Å²) in [7, 11) is 0. The number of unbranched alkanes of at least 4 members (excludes halogenated alkanes) is 1. The fourth-order valence-corrected chi connectivity index (χ4v) is 3.08. The van der Waals surface area contributed by atoms with Crippen LogP contribution in [0.1, 0.15) is 25.3 Å². The lowest BCUT2D eigenvalue weighted by Crippen LogP contribution is -2.05. The second kappa shape index (κ2) is 9.54. The van der Waals surface area contributed by atoms with Crippen LogP contribution in [0.3, 0.4) is 0 Å². The van der Waals surface area contributed by atoms with Crippen molar-refractivity contribution in [3.05, 3.63) is 74.5 Å². The molecule has 0 saturated heterocycles. The molecule has 0 radical (unpaired) electrons. The van der Waals surface area contributed by atoms with Crippen molar-refractivity contribution in [1.29, 1.82) is 0 Å². The molecule has 0 aliphatic heterocycles. The number of nitrogens with zero attached hydrogens (tertiary/aromatic N) is 3. The molecule has 29 heavy (non-hydrogen) atoms. The predicted octanol–water partition coefficient (Wildman–Crippen LogP) is 6.52. The third-order valence-corrected chi connectivity index (χ3v) is 5.06. The number of nitrogens with one attached hydrogen (secondary N) is 2. The van der Waals surface area contributed by atoms with Crippen molar-refractivity contribution in [2.24, 2.45) is 0 Å². The van der Waals surface area contributed by atoms with Crippen molar-refractivity contribution in [1.82, 2.24) is 9.97 Å². The summed E-state index contributed by atoms with van der Waals surface area (Å²) < 4.78 is 0. The molecule has 1 aromatic heterocycles. The Kier molecular flexibility index (Phi) is 6.85. The van der Waals surface area contributed by atoms with Crippen LogP contribution in [0.15, 0.2) is 48.8 Å². The van der Waals surface area contributed by atoms with Gasteiger partial charge in [0.2, 0.25) is 11.6 Å². The average molecular weight is 432 g/mol. The van der Waals surface area contributed by atoms with Gasteiger partial charge in [-0.3, -0.25) is 10.1 Å². The van der Waals surface area contributed by atoms with E-state index in [0.29, 0.717) is 16.4 Å². The Morgan fingerprint density at radius 1 is 1.03 bits per heavy atom. The lowest BCUT2D eigenvalue weighted by Gasteiger charge is -2.12.